The molecule has 0 heterocycles. The number of esters is 1. The Labute approximate surface area is 133 Å². The van der Waals surface area contributed by atoms with Crippen molar-refractivity contribution >= 4 is 25.4 Å². The Morgan fingerprint density at radius 1 is 1.24 bits per heavy atom. The molecule has 0 aliphatic heterocycles. The van der Waals surface area contributed by atoms with Crippen LogP contribution in [-0.2, 0) is 9.53 Å². The van der Waals surface area contributed by atoms with E-state index in [1.807, 2.05) is 0 Å². The molecule has 1 fully saturated rings. The fourth-order valence-corrected chi connectivity index (χ4v) is 5.37. The van der Waals surface area contributed by atoms with Gasteiger partial charge < -0.3 is 0 Å². The summed E-state index contributed by atoms with van der Waals surface area (Å²) < 4.78 is 6.08. The zero-order valence-electron chi connectivity index (χ0n) is 12.5. The van der Waals surface area contributed by atoms with Crippen LogP contribution < -0.4 is 9.78 Å². The first-order chi connectivity index (χ1) is 10.3. The van der Waals surface area contributed by atoms with Crippen LogP contribution in [0.25, 0.3) is 0 Å². The third-order valence-electron chi connectivity index (χ3n) is 3.71. The number of carbonyl (C=O) groups excluding carboxylic acids is 1. The maximum atomic E-state index is 11.1. The van der Waals surface area contributed by atoms with Gasteiger partial charge in [-0.1, -0.05) is 0 Å². The standard InChI is InChI=1S/C17H23NO2Se/c1-20-17(19)12-13-18-15-10-6-3-7-11-16(15)21-14-8-4-2-5-9-14/h2,4-5,8-9,12-13,15-16,18H,3,6-7,10-11H2,1H3/b13-12-. The molecule has 21 heavy (non-hydrogen) atoms. The quantitative estimate of drug-likeness (QED) is 0.383. The Morgan fingerprint density at radius 3 is 2.76 bits per heavy atom. The number of rotatable bonds is 5. The van der Waals surface area contributed by atoms with Crippen molar-refractivity contribution in [2.24, 2.45) is 0 Å². The summed E-state index contributed by atoms with van der Waals surface area (Å²) in [7, 11) is 1.40. The second kappa shape index (κ2) is 8.91. The first-order valence-corrected chi connectivity index (χ1v) is 9.36. The number of carbonyl (C=O) groups is 1. The van der Waals surface area contributed by atoms with Crippen molar-refractivity contribution in [1.29, 1.82) is 0 Å². The van der Waals surface area contributed by atoms with Crippen molar-refractivity contribution in [2.45, 2.75) is 43.0 Å². The van der Waals surface area contributed by atoms with E-state index >= 15 is 0 Å². The van der Waals surface area contributed by atoms with Crippen LogP contribution in [0.2, 0.25) is 4.82 Å². The predicted octanol–water partition coefficient (Wildman–Crippen LogP) is 2.41. The van der Waals surface area contributed by atoms with Gasteiger partial charge in [0.25, 0.3) is 0 Å². The summed E-state index contributed by atoms with van der Waals surface area (Å²) in [4.78, 5) is 11.8. The molecule has 1 aromatic carbocycles. The number of hydrogen-bond donors (Lipinski definition) is 1. The van der Waals surface area contributed by atoms with E-state index in [2.05, 4.69) is 40.4 Å². The topological polar surface area (TPSA) is 38.3 Å². The molecule has 0 saturated heterocycles. The zero-order valence-corrected chi connectivity index (χ0v) is 14.2. The van der Waals surface area contributed by atoms with Gasteiger partial charge >= 0.3 is 133 Å². The molecule has 0 radical (unpaired) electrons. The second-order valence-electron chi connectivity index (χ2n) is 5.24. The third-order valence-corrected chi connectivity index (χ3v) is 6.68. The van der Waals surface area contributed by atoms with Crippen molar-refractivity contribution in [2.75, 3.05) is 7.11 Å². The van der Waals surface area contributed by atoms with Crippen LogP contribution in [0.5, 0.6) is 0 Å². The summed E-state index contributed by atoms with van der Waals surface area (Å²) in [5, 5.41) is 3.43. The van der Waals surface area contributed by atoms with Gasteiger partial charge in [0.2, 0.25) is 0 Å². The predicted molar refractivity (Wildman–Crippen MR) is 86.7 cm³/mol. The first-order valence-electron chi connectivity index (χ1n) is 7.52. The summed E-state index contributed by atoms with van der Waals surface area (Å²) in [5.41, 5.74) is 0. The third kappa shape index (κ3) is 5.56. The van der Waals surface area contributed by atoms with Gasteiger partial charge in [0, 0.05) is 0 Å². The summed E-state index contributed by atoms with van der Waals surface area (Å²) in [5.74, 6) is -0.304. The van der Waals surface area contributed by atoms with Crippen molar-refractivity contribution in [3.05, 3.63) is 42.6 Å². The van der Waals surface area contributed by atoms with E-state index in [4.69, 9.17) is 0 Å². The summed E-state index contributed by atoms with van der Waals surface area (Å²) >= 11 is 0.475. The molecule has 2 atom stereocenters. The van der Waals surface area contributed by atoms with Crippen LogP contribution in [-0.4, -0.2) is 34.1 Å². The molecule has 4 heteroatoms. The molecular formula is C17H23NO2Se. The number of benzene rings is 1. The van der Waals surface area contributed by atoms with E-state index in [0.29, 0.717) is 25.8 Å². The average Bonchev–Trinajstić information content (AvgIpc) is 2.74. The first kappa shape index (κ1) is 16.1. The Bertz CT molecular complexity index is 461. The van der Waals surface area contributed by atoms with Gasteiger partial charge in [-0.2, -0.15) is 0 Å². The van der Waals surface area contributed by atoms with Gasteiger partial charge in [-0.05, 0) is 0 Å². The van der Waals surface area contributed by atoms with Gasteiger partial charge in [0.05, 0.1) is 0 Å². The molecule has 0 bridgehead atoms. The summed E-state index contributed by atoms with van der Waals surface area (Å²) in [6, 6.07) is 11.2. The second-order valence-corrected chi connectivity index (χ2v) is 7.99. The van der Waals surface area contributed by atoms with Gasteiger partial charge in [-0.25, -0.2) is 0 Å². The van der Waals surface area contributed by atoms with E-state index in [1.165, 1.54) is 49.8 Å². The average molecular weight is 352 g/mol. The molecule has 1 N–H and O–H groups in total. The minimum atomic E-state index is -0.304. The number of methoxy groups -OCH3 is 1. The molecule has 0 spiro atoms. The van der Waals surface area contributed by atoms with Crippen molar-refractivity contribution < 1.29 is 9.53 Å². The Kier molecular flexibility index (Phi) is 6.84. The zero-order chi connectivity index (χ0) is 14.9. The summed E-state index contributed by atoms with van der Waals surface area (Å²) in [6.07, 6.45) is 9.60. The maximum absolute atomic E-state index is 11.1. The SMILES string of the molecule is COC(=O)/C=C\NC1CCCCCC1[Se]c1ccccc1. The van der Waals surface area contributed by atoms with E-state index in [-0.39, 0.29) is 5.97 Å². The van der Waals surface area contributed by atoms with Crippen LogP contribution in [0.1, 0.15) is 32.1 Å². The minimum absolute atomic E-state index is 0.304. The summed E-state index contributed by atoms with van der Waals surface area (Å²) in [6.45, 7) is 0. The van der Waals surface area contributed by atoms with E-state index in [1.54, 1.807) is 6.20 Å². The molecule has 1 aliphatic rings. The fourth-order valence-electron chi connectivity index (χ4n) is 2.59. The van der Waals surface area contributed by atoms with Crippen LogP contribution in [0.15, 0.2) is 42.6 Å². The van der Waals surface area contributed by atoms with Gasteiger partial charge in [-0.15, -0.1) is 0 Å². The number of ether oxygens (including phenoxy) is 1. The number of nitrogens with one attached hydrogen (secondary N) is 1. The molecular weight excluding hydrogens is 329 g/mol. The Hall–Kier alpha value is -1.25. The number of hydrogen-bond acceptors (Lipinski definition) is 3. The molecule has 2 rings (SSSR count). The molecule has 1 saturated carbocycles. The van der Waals surface area contributed by atoms with Crippen molar-refractivity contribution in [3.8, 4) is 0 Å². The molecule has 2 unspecified atom stereocenters. The molecule has 1 aromatic rings. The van der Waals surface area contributed by atoms with Gasteiger partial charge in [0.15, 0.2) is 0 Å². The van der Waals surface area contributed by atoms with Crippen LogP contribution in [0.3, 0.4) is 0 Å². The van der Waals surface area contributed by atoms with Gasteiger partial charge in [0.1, 0.15) is 0 Å². The van der Waals surface area contributed by atoms with Crippen LogP contribution in [0.4, 0.5) is 0 Å². The van der Waals surface area contributed by atoms with E-state index in [0.717, 1.165) is 0 Å². The molecule has 0 amide bonds. The van der Waals surface area contributed by atoms with Crippen LogP contribution >= 0.6 is 0 Å². The van der Waals surface area contributed by atoms with E-state index in [9.17, 15) is 4.79 Å². The normalized spacial score (nSPS) is 22.7. The Balaban J connectivity index is 1.97. The monoisotopic (exact) mass is 353 g/mol. The molecule has 0 aromatic heterocycles. The van der Waals surface area contributed by atoms with Crippen LogP contribution in [0, 0.1) is 0 Å². The fraction of sp³-hybridized carbons (Fsp3) is 0.471. The Morgan fingerprint density at radius 2 is 2.00 bits per heavy atom. The van der Waals surface area contributed by atoms with Gasteiger partial charge in [-0.3, -0.25) is 0 Å². The van der Waals surface area contributed by atoms with E-state index < -0.39 is 0 Å². The molecule has 3 nitrogen and oxygen atoms in total. The molecule has 1 aliphatic carbocycles. The van der Waals surface area contributed by atoms with Crippen molar-refractivity contribution in [1.82, 2.24) is 5.32 Å². The molecule has 114 valence electrons. The van der Waals surface area contributed by atoms with Crippen molar-refractivity contribution in [3.63, 3.8) is 0 Å².